The Labute approximate surface area is 113 Å². The van der Waals surface area contributed by atoms with Crippen LogP contribution in [0, 0.1) is 0 Å². The molecule has 1 amide bonds. The quantitative estimate of drug-likeness (QED) is 0.729. The van der Waals surface area contributed by atoms with Crippen LogP contribution in [-0.4, -0.2) is 26.1 Å². The molecule has 106 valence electrons. The number of hydrogen-bond donors (Lipinski definition) is 3. The van der Waals surface area contributed by atoms with Gasteiger partial charge >= 0.3 is 0 Å². The lowest BCUT2D eigenvalue weighted by Gasteiger charge is -2.11. The highest BCUT2D eigenvalue weighted by Crippen LogP contribution is 2.15. The Morgan fingerprint density at radius 1 is 1.21 bits per heavy atom. The second-order valence-electron chi connectivity index (χ2n) is 4.09. The van der Waals surface area contributed by atoms with Crippen LogP contribution in [0.1, 0.15) is 20.3 Å². The summed E-state index contributed by atoms with van der Waals surface area (Å²) in [7, 11) is -3.28. The molecule has 19 heavy (non-hydrogen) atoms. The van der Waals surface area contributed by atoms with Gasteiger partial charge in [-0.2, -0.15) is 0 Å². The summed E-state index contributed by atoms with van der Waals surface area (Å²) in [5.41, 5.74) is 6.63. The van der Waals surface area contributed by atoms with Crippen molar-refractivity contribution in [1.29, 1.82) is 0 Å². The van der Waals surface area contributed by atoms with Gasteiger partial charge in [0.1, 0.15) is 0 Å². The van der Waals surface area contributed by atoms with Gasteiger partial charge in [-0.25, -0.2) is 8.42 Å². The van der Waals surface area contributed by atoms with Crippen molar-refractivity contribution >= 4 is 27.3 Å². The van der Waals surface area contributed by atoms with Crippen molar-refractivity contribution in [3.63, 3.8) is 0 Å². The fourth-order valence-electron chi connectivity index (χ4n) is 1.29. The molecular weight excluding hydrogens is 266 g/mol. The molecule has 0 aliphatic carbocycles. The highest BCUT2D eigenvalue weighted by Gasteiger charge is 2.11. The van der Waals surface area contributed by atoms with E-state index in [1.54, 1.807) is 31.2 Å². The predicted octanol–water partition coefficient (Wildman–Crippen LogP) is 1.12. The molecule has 6 nitrogen and oxygen atoms in total. The van der Waals surface area contributed by atoms with E-state index in [-0.39, 0.29) is 11.7 Å². The number of benzene rings is 1. The summed E-state index contributed by atoms with van der Waals surface area (Å²) < 4.78 is 25.1. The molecule has 4 N–H and O–H groups in total. The lowest BCUT2D eigenvalue weighted by atomic mass is 10.2. The Balaban J connectivity index is 2.69. The molecule has 0 aromatic heterocycles. The largest absolute Gasteiger partial charge is 0.325 e. The highest BCUT2D eigenvalue weighted by molar-refractivity contribution is 7.92. The average molecular weight is 285 g/mol. The minimum Gasteiger partial charge on any atom is -0.325 e. The first-order valence-corrected chi connectivity index (χ1v) is 7.70. The monoisotopic (exact) mass is 285 g/mol. The minimum atomic E-state index is -3.28. The molecule has 1 rings (SSSR count). The molecule has 1 atom stereocenters. The molecular formula is C12H19N3O3S. The van der Waals surface area contributed by atoms with Crippen LogP contribution in [0.2, 0.25) is 0 Å². The third-order valence-electron chi connectivity index (χ3n) is 2.58. The summed E-state index contributed by atoms with van der Waals surface area (Å²) in [5, 5.41) is 2.66. The van der Waals surface area contributed by atoms with Crippen LogP contribution in [0.4, 0.5) is 11.4 Å². The van der Waals surface area contributed by atoms with E-state index in [1.165, 1.54) is 0 Å². The van der Waals surface area contributed by atoms with Gasteiger partial charge in [0.2, 0.25) is 15.9 Å². The first-order chi connectivity index (χ1) is 8.88. The number of hydrogen-bond acceptors (Lipinski definition) is 4. The van der Waals surface area contributed by atoms with E-state index >= 15 is 0 Å². The van der Waals surface area contributed by atoms with Crippen LogP contribution in [-0.2, 0) is 14.8 Å². The Bertz CT molecular complexity index is 526. The Morgan fingerprint density at radius 2 is 1.74 bits per heavy atom. The van der Waals surface area contributed by atoms with Crippen LogP contribution in [0.25, 0.3) is 0 Å². The zero-order valence-corrected chi connectivity index (χ0v) is 11.8. The summed E-state index contributed by atoms with van der Waals surface area (Å²) in [6, 6.07) is 5.86. The fourth-order valence-corrected chi connectivity index (χ4v) is 1.93. The van der Waals surface area contributed by atoms with Gasteiger partial charge in [0, 0.05) is 11.4 Å². The lowest BCUT2D eigenvalue weighted by Crippen LogP contribution is -2.34. The Kier molecular flexibility index (Phi) is 5.31. The number of amides is 1. The second kappa shape index (κ2) is 6.53. The van der Waals surface area contributed by atoms with Gasteiger partial charge in [0.05, 0.1) is 11.8 Å². The zero-order chi connectivity index (χ0) is 14.5. The summed E-state index contributed by atoms with van der Waals surface area (Å²) in [6.45, 7) is 3.38. The molecule has 0 unspecified atom stereocenters. The van der Waals surface area contributed by atoms with Gasteiger partial charge < -0.3 is 11.1 Å². The van der Waals surface area contributed by atoms with Crippen LogP contribution >= 0.6 is 0 Å². The van der Waals surface area contributed by atoms with Gasteiger partial charge in [0.15, 0.2) is 0 Å². The number of nitrogens with one attached hydrogen (secondary N) is 2. The Morgan fingerprint density at radius 3 is 2.21 bits per heavy atom. The average Bonchev–Trinajstić information content (AvgIpc) is 2.39. The second-order valence-corrected chi connectivity index (χ2v) is 6.10. The molecule has 1 aromatic rings. The van der Waals surface area contributed by atoms with Crippen molar-refractivity contribution in [3.05, 3.63) is 24.3 Å². The molecule has 0 bridgehead atoms. The molecule has 0 spiro atoms. The van der Waals surface area contributed by atoms with Crippen LogP contribution in [0.3, 0.4) is 0 Å². The first-order valence-electron chi connectivity index (χ1n) is 6.05. The topological polar surface area (TPSA) is 101 Å². The third-order valence-corrected chi connectivity index (χ3v) is 3.89. The SMILES string of the molecule is CC[C@H](N)C(=O)Nc1ccc(NS(=O)(=O)CC)cc1. The molecule has 7 heteroatoms. The highest BCUT2D eigenvalue weighted by atomic mass is 32.2. The normalized spacial score (nSPS) is 12.8. The van der Waals surface area contributed by atoms with Crippen molar-refractivity contribution in [2.75, 3.05) is 15.8 Å². The molecule has 0 fully saturated rings. The smallest absolute Gasteiger partial charge is 0.241 e. The van der Waals surface area contributed by atoms with Crippen LogP contribution in [0.15, 0.2) is 24.3 Å². The number of nitrogens with two attached hydrogens (primary N) is 1. The minimum absolute atomic E-state index is 0.0108. The van der Waals surface area contributed by atoms with Gasteiger partial charge in [-0.05, 0) is 37.6 Å². The number of carbonyl (C=O) groups excluding carboxylic acids is 1. The van der Waals surface area contributed by atoms with Crippen molar-refractivity contribution in [3.8, 4) is 0 Å². The maximum Gasteiger partial charge on any atom is 0.241 e. The number of carbonyl (C=O) groups is 1. The molecule has 0 saturated carbocycles. The van der Waals surface area contributed by atoms with E-state index in [4.69, 9.17) is 5.73 Å². The van der Waals surface area contributed by atoms with Crippen molar-refractivity contribution in [1.82, 2.24) is 0 Å². The maximum absolute atomic E-state index is 11.6. The lowest BCUT2D eigenvalue weighted by molar-refractivity contribution is -0.117. The van der Waals surface area contributed by atoms with E-state index in [0.29, 0.717) is 17.8 Å². The molecule has 0 heterocycles. The van der Waals surface area contributed by atoms with Crippen LogP contribution < -0.4 is 15.8 Å². The van der Waals surface area contributed by atoms with E-state index < -0.39 is 16.1 Å². The van der Waals surface area contributed by atoms with Crippen molar-refractivity contribution in [2.45, 2.75) is 26.3 Å². The van der Waals surface area contributed by atoms with E-state index in [0.717, 1.165) is 0 Å². The number of sulfonamides is 1. The zero-order valence-electron chi connectivity index (χ0n) is 11.0. The van der Waals surface area contributed by atoms with Crippen molar-refractivity contribution in [2.24, 2.45) is 5.73 Å². The fraction of sp³-hybridized carbons (Fsp3) is 0.417. The van der Waals surface area contributed by atoms with Gasteiger partial charge in [-0.15, -0.1) is 0 Å². The summed E-state index contributed by atoms with van der Waals surface area (Å²) in [4.78, 5) is 11.6. The summed E-state index contributed by atoms with van der Waals surface area (Å²) in [5.74, 6) is -0.249. The maximum atomic E-state index is 11.6. The first kappa shape index (κ1) is 15.5. The molecule has 0 aliphatic heterocycles. The summed E-state index contributed by atoms with van der Waals surface area (Å²) in [6.07, 6.45) is 0.556. The van der Waals surface area contributed by atoms with Crippen LogP contribution in [0.5, 0.6) is 0 Å². The van der Waals surface area contributed by atoms with Gasteiger partial charge in [-0.1, -0.05) is 6.92 Å². The van der Waals surface area contributed by atoms with Gasteiger partial charge in [-0.3, -0.25) is 9.52 Å². The van der Waals surface area contributed by atoms with Crippen molar-refractivity contribution < 1.29 is 13.2 Å². The molecule has 1 aromatic carbocycles. The standard InChI is InChI=1S/C12H19N3O3S/c1-3-11(13)12(16)14-9-5-7-10(8-6-9)15-19(17,18)4-2/h5-8,11,15H,3-4,13H2,1-2H3,(H,14,16)/t11-/m0/s1. The molecule has 0 aliphatic rings. The van der Waals surface area contributed by atoms with E-state index in [1.807, 2.05) is 6.92 Å². The number of rotatable bonds is 6. The molecule has 0 radical (unpaired) electrons. The third kappa shape index (κ3) is 4.88. The van der Waals surface area contributed by atoms with E-state index in [2.05, 4.69) is 10.0 Å². The predicted molar refractivity (Wildman–Crippen MR) is 76.4 cm³/mol. The summed E-state index contributed by atoms with van der Waals surface area (Å²) >= 11 is 0. The van der Waals surface area contributed by atoms with Gasteiger partial charge in [0.25, 0.3) is 0 Å². The van der Waals surface area contributed by atoms with E-state index in [9.17, 15) is 13.2 Å². The number of anilines is 2. The molecule has 0 saturated heterocycles. The Hall–Kier alpha value is -1.60.